The number of likely N-dealkylation sites (N-methyl/N-ethyl adjacent to an activating group) is 1. The molecule has 1 fully saturated rings. The maximum atomic E-state index is 12.6. The van der Waals surface area contributed by atoms with Gasteiger partial charge in [-0.1, -0.05) is 36.8 Å². The molecule has 0 aliphatic heterocycles. The van der Waals surface area contributed by atoms with Gasteiger partial charge in [-0.3, -0.25) is 9.79 Å². The van der Waals surface area contributed by atoms with Gasteiger partial charge >= 0.3 is 0 Å². The molecule has 150 valence electrons. The topological polar surface area (TPSA) is 66.0 Å². The van der Waals surface area contributed by atoms with Crippen molar-refractivity contribution < 1.29 is 9.53 Å². The molecule has 0 spiro atoms. The Morgan fingerprint density at radius 3 is 2.56 bits per heavy atom. The molecule has 0 unspecified atom stereocenters. The van der Waals surface area contributed by atoms with Crippen molar-refractivity contribution in [3.63, 3.8) is 0 Å². The normalized spacial score (nSPS) is 15.7. The highest BCUT2D eigenvalue weighted by Crippen LogP contribution is 2.43. The van der Waals surface area contributed by atoms with Gasteiger partial charge in [0, 0.05) is 40.4 Å². The third-order valence-corrected chi connectivity index (χ3v) is 5.46. The fraction of sp³-hybridized carbons (Fsp3) is 0.619. The fourth-order valence-electron chi connectivity index (χ4n) is 3.45. The third-order valence-electron chi connectivity index (χ3n) is 5.46. The molecule has 6 nitrogen and oxygen atoms in total. The summed E-state index contributed by atoms with van der Waals surface area (Å²) < 4.78 is 5.25. The Hall–Kier alpha value is -2.08. The van der Waals surface area contributed by atoms with Crippen molar-refractivity contribution in [2.45, 2.75) is 39.2 Å². The summed E-state index contributed by atoms with van der Waals surface area (Å²) in [5, 5.41) is 6.56. The molecule has 0 saturated heterocycles. The number of hydrogen-bond donors (Lipinski definition) is 2. The van der Waals surface area contributed by atoms with E-state index in [2.05, 4.69) is 15.6 Å². The third kappa shape index (κ3) is 6.54. The first kappa shape index (κ1) is 21.2. The van der Waals surface area contributed by atoms with Gasteiger partial charge in [0.05, 0.1) is 6.54 Å². The monoisotopic (exact) mass is 374 g/mol. The van der Waals surface area contributed by atoms with Crippen LogP contribution in [0.5, 0.6) is 0 Å². The molecule has 0 aromatic heterocycles. The molecule has 1 amide bonds. The molecule has 6 heteroatoms. The highest BCUT2D eigenvalue weighted by atomic mass is 16.5. The van der Waals surface area contributed by atoms with Gasteiger partial charge in [0.15, 0.2) is 5.96 Å². The number of methoxy groups -OCH3 is 1. The Labute approximate surface area is 163 Å². The van der Waals surface area contributed by atoms with Crippen molar-refractivity contribution in [3.05, 3.63) is 35.9 Å². The van der Waals surface area contributed by atoms with Crippen LogP contribution in [0.4, 0.5) is 0 Å². The quantitative estimate of drug-likeness (QED) is 0.488. The molecule has 1 aromatic carbocycles. The maximum Gasteiger partial charge on any atom is 0.242 e. The Kier molecular flexibility index (Phi) is 8.58. The van der Waals surface area contributed by atoms with E-state index in [1.54, 1.807) is 14.2 Å². The van der Waals surface area contributed by atoms with Gasteiger partial charge in [-0.15, -0.1) is 0 Å². The molecule has 0 bridgehead atoms. The van der Waals surface area contributed by atoms with E-state index >= 15 is 0 Å². The zero-order valence-electron chi connectivity index (χ0n) is 17.0. The van der Waals surface area contributed by atoms with E-state index in [9.17, 15) is 4.79 Å². The molecule has 1 aliphatic rings. The molecule has 1 saturated carbocycles. The van der Waals surface area contributed by atoms with Crippen molar-refractivity contribution in [2.75, 3.05) is 40.4 Å². The van der Waals surface area contributed by atoms with Gasteiger partial charge in [0.2, 0.25) is 5.91 Å². The van der Waals surface area contributed by atoms with Gasteiger partial charge < -0.3 is 20.3 Å². The van der Waals surface area contributed by atoms with E-state index in [4.69, 9.17) is 4.74 Å². The van der Waals surface area contributed by atoms with E-state index in [0.717, 1.165) is 25.1 Å². The predicted molar refractivity (Wildman–Crippen MR) is 110 cm³/mol. The Balaban J connectivity index is 1.79. The van der Waals surface area contributed by atoms with Crippen molar-refractivity contribution in [1.29, 1.82) is 0 Å². The van der Waals surface area contributed by atoms with Crippen LogP contribution in [0.25, 0.3) is 0 Å². The molecule has 0 radical (unpaired) electrons. The van der Waals surface area contributed by atoms with Crippen LogP contribution >= 0.6 is 0 Å². The summed E-state index contributed by atoms with van der Waals surface area (Å²) in [4.78, 5) is 18.7. The number of amides is 1. The minimum Gasteiger partial charge on any atom is -0.385 e. The molecule has 2 N–H and O–H groups in total. The minimum absolute atomic E-state index is 0.0713. The average Bonchev–Trinajstić information content (AvgIpc) is 2.67. The lowest BCUT2D eigenvalue weighted by molar-refractivity contribution is -0.130. The van der Waals surface area contributed by atoms with Gasteiger partial charge in [-0.05, 0) is 37.2 Å². The summed E-state index contributed by atoms with van der Waals surface area (Å²) >= 11 is 0. The second kappa shape index (κ2) is 10.9. The summed E-state index contributed by atoms with van der Waals surface area (Å²) in [7, 11) is 3.49. The minimum atomic E-state index is 0.0713. The van der Waals surface area contributed by atoms with Crippen LogP contribution in [0.1, 0.15) is 38.2 Å². The molecule has 1 aliphatic carbocycles. The van der Waals surface area contributed by atoms with E-state index in [1.807, 2.05) is 42.2 Å². The molecule has 27 heavy (non-hydrogen) atoms. The number of carbonyl (C=O) groups excluding carboxylic acids is 1. The number of carbonyl (C=O) groups is 1. The van der Waals surface area contributed by atoms with Crippen LogP contribution in [-0.4, -0.2) is 57.2 Å². The molecular weight excluding hydrogens is 340 g/mol. The lowest BCUT2D eigenvalue weighted by Crippen LogP contribution is -2.49. The highest BCUT2D eigenvalue weighted by Gasteiger charge is 2.36. The van der Waals surface area contributed by atoms with Crippen molar-refractivity contribution in [1.82, 2.24) is 15.5 Å². The zero-order valence-corrected chi connectivity index (χ0v) is 17.0. The van der Waals surface area contributed by atoms with Crippen molar-refractivity contribution in [2.24, 2.45) is 10.4 Å². The summed E-state index contributed by atoms with van der Waals surface area (Å²) in [6, 6.07) is 10.1. The summed E-state index contributed by atoms with van der Waals surface area (Å²) in [5.74, 6) is 0.754. The van der Waals surface area contributed by atoms with Gasteiger partial charge in [0.1, 0.15) is 0 Å². The van der Waals surface area contributed by atoms with Gasteiger partial charge in [0.25, 0.3) is 0 Å². The van der Waals surface area contributed by atoms with Crippen LogP contribution in [0.15, 0.2) is 35.3 Å². The SMILES string of the molecule is CCN(Cc1ccccc1)C(=O)CNC(=NC)NCC1(CCOC)CCC1. The Morgan fingerprint density at radius 1 is 1.26 bits per heavy atom. The Morgan fingerprint density at radius 2 is 2.00 bits per heavy atom. The summed E-state index contributed by atoms with van der Waals surface area (Å²) in [6.07, 6.45) is 4.79. The first-order valence-electron chi connectivity index (χ1n) is 9.87. The number of ether oxygens (including phenoxy) is 1. The lowest BCUT2D eigenvalue weighted by Gasteiger charge is -2.42. The summed E-state index contributed by atoms with van der Waals surface area (Å²) in [5.41, 5.74) is 1.45. The standard InChI is InChI=1S/C21H34N4O2/c1-4-25(16-18-9-6-5-7-10-18)19(26)15-23-20(22-2)24-17-21(11-8-12-21)13-14-27-3/h5-7,9-10H,4,8,11-17H2,1-3H3,(H2,22,23,24). The predicted octanol–water partition coefficient (Wildman–Crippen LogP) is 2.41. The van der Waals surface area contributed by atoms with Crippen LogP contribution in [0, 0.1) is 5.41 Å². The van der Waals surface area contributed by atoms with Crippen LogP contribution < -0.4 is 10.6 Å². The van der Waals surface area contributed by atoms with Gasteiger partial charge in [-0.25, -0.2) is 0 Å². The summed E-state index contributed by atoms with van der Waals surface area (Å²) in [6.45, 7) is 5.21. The van der Waals surface area contributed by atoms with Crippen LogP contribution in [-0.2, 0) is 16.1 Å². The van der Waals surface area contributed by atoms with Crippen LogP contribution in [0.2, 0.25) is 0 Å². The van der Waals surface area contributed by atoms with Crippen LogP contribution in [0.3, 0.4) is 0 Å². The number of nitrogens with zero attached hydrogens (tertiary/aromatic N) is 2. The number of guanidine groups is 1. The lowest BCUT2D eigenvalue weighted by atomic mass is 9.67. The van der Waals surface area contributed by atoms with E-state index in [0.29, 0.717) is 24.5 Å². The molecule has 0 heterocycles. The number of benzene rings is 1. The van der Waals surface area contributed by atoms with E-state index in [1.165, 1.54) is 19.3 Å². The Bertz CT molecular complexity index is 599. The zero-order chi connectivity index (χ0) is 19.5. The highest BCUT2D eigenvalue weighted by molar-refractivity contribution is 5.86. The smallest absolute Gasteiger partial charge is 0.242 e. The molecular formula is C21H34N4O2. The van der Waals surface area contributed by atoms with Gasteiger partial charge in [-0.2, -0.15) is 0 Å². The first-order chi connectivity index (χ1) is 13.1. The average molecular weight is 375 g/mol. The van der Waals surface area contributed by atoms with E-state index in [-0.39, 0.29) is 12.5 Å². The molecule has 0 atom stereocenters. The number of hydrogen-bond acceptors (Lipinski definition) is 3. The van der Waals surface area contributed by atoms with Crippen molar-refractivity contribution in [3.8, 4) is 0 Å². The number of rotatable bonds is 10. The molecule has 2 rings (SSSR count). The number of aliphatic imine (C=N–C) groups is 1. The number of nitrogens with one attached hydrogen (secondary N) is 2. The first-order valence-corrected chi connectivity index (χ1v) is 9.87. The fourth-order valence-corrected chi connectivity index (χ4v) is 3.45. The van der Waals surface area contributed by atoms with Crippen molar-refractivity contribution >= 4 is 11.9 Å². The maximum absolute atomic E-state index is 12.6. The second-order valence-electron chi connectivity index (χ2n) is 7.27. The molecule has 1 aromatic rings. The second-order valence-corrected chi connectivity index (χ2v) is 7.27. The van der Waals surface area contributed by atoms with E-state index < -0.39 is 0 Å². The largest absolute Gasteiger partial charge is 0.385 e.